The van der Waals surface area contributed by atoms with Gasteiger partial charge in [0, 0.05) is 18.3 Å². The van der Waals surface area contributed by atoms with E-state index < -0.39 is 0 Å². The summed E-state index contributed by atoms with van der Waals surface area (Å²) in [4.78, 5) is 24.0. The van der Waals surface area contributed by atoms with Crippen molar-refractivity contribution < 1.29 is 9.59 Å². The van der Waals surface area contributed by atoms with Crippen LogP contribution in [0.4, 0.5) is 11.4 Å². The van der Waals surface area contributed by atoms with Crippen LogP contribution in [-0.2, 0) is 11.3 Å². The maximum absolute atomic E-state index is 12.8. The molecule has 7 heteroatoms. The lowest BCUT2D eigenvalue weighted by Gasteiger charge is -2.08. The number of nitrogens with one attached hydrogen (secondary N) is 2. The molecule has 1 aromatic heterocycles. The molecule has 0 atom stereocenters. The smallest absolute Gasteiger partial charge is 0.260 e. The highest BCUT2D eigenvalue weighted by atomic mass is 35.5. The van der Waals surface area contributed by atoms with Crippen LogP contribution in [0, 0.1) is 13.8 Å². The topological polar surface area (TPSA) is 76.0 Å². The fourth-order valence-corrected chi connectivity index (χ4v) is 3.17. The van der Waals surface area contributed by atoms with Gasteiger partial charge in [0.25, 0.3) is 5.91 Å². The number of benzene rings is 2. The van der Waals surface area contributed by atoms with Gasteiger partial charge in [0.2, 0.25) is 5.91 Å². The number of aryl methyl sites for hydroxylation is 2. The predicted octanol–water partition coefficient (Wildman–Crippen LogP) is 4.41. The molecule has 0 unspecified atom stereocenters. The van der Waals surface area contributed by atoms with Gasteiger partial charge in [-0.25, -0.2) is 4.68 Å². The van der Waals surface area contributed by atoms with Crippen molar-refractivity contribution in [2.75, 3.05) is 10.6 Å². The quantitative estimate of drug-likeness (QED) is 0.670. The van der Waals surface area contributed by atoms with Crippen molar-refractivity contribution in [3.63, 3.8) is 0 Å². The van der Waals surface area contributed by atoms with Gasteiger partial charge in [0.1, 0.15) is 5.15 Å². The minimum absolute atomic E-state index is 0.181. The number of hydrogen-bond acceptors (Lipinski definition) is 3. The molecule has 0 saturated carbocycles. The number of aromatic nitrogens is 2. The molecule has 0 aliphatic carbocycles. The second-order valence-electron chi connectivity index (χ2n) is 6.61. The number of amides is 2. The van der Waals surface area contributed by atoms with E-state index in [4.69, 9.17) is 11.6 Å². The molecule has 3 aromatic rings. The molecule has 0 aliphatic heterocycles. The molecular formula is C21H21ClN4O2. The summed E-state index contributed by atoms with van der Waals surface area (Å²) in [6, 6.07) is 15.0. The Hall–Kier alpha value is -3.12. The van der Waals surface area contributed by atoms with Gasteiger partial charge < -0.3 is 10.6 Å². The summed E-state index contributed by atoms with van der Waals surface area (Å²) in [7, 11) is 0. The number of carbonyl (C=O) groups is 2. The summed E-state index contributed by atoms with van der Waals surface area (Å²) in [5.74, 6) is -0.530. The number of nitrogens with zero attached hydrogens (tertiary/aromatic N) is 2. The molecule has 2 N–H and O–H groups in total. The second-order valence-corrected chi connectivity index (χ2v) is 6.97. The van der Waals surface area contributed by atoms with E-state index in [0.717, 1.165) is 5.56 Å². The molecule has 144 valence electrons. The van der Waals surface area contributed by atoms with Gasteiger partial charge in [-0.2, -0.15) is 5.10 Å². The molecule has 0 saturated heterocycles. The molecule has 28 heavy (non-hydrogen) atoms. The molecule has 6 nitrogen and oxygen atoms in total. The van der Waals surface area contributed by atoms with Crippen LogP contribution in [0.2, 0.25) is 5.15 Å². The lowest BCUT2D eigenvalue weighted by atomic mass is 10.1. The highest BCUT2D eigenvalue weighted by Crippen LogP contribution is 2.23. The number of rotatable bonds is 5. The largest absolute Gasteiger partial charge is 0.326 e. The molecule has 2 aromatic carbocycles. The number of carbonyl (C=O) groups excluding carboxylic acids is 2. The van der Waals surface area contributed by atoms with E-state index >= 15 is 0 Å². The molecule has 3 rings (SSSR count). The van der Waals surface area contributed by atoms with Gasteiger partial charge in [-0.05, 0) is 37.6 Å². The third kappa shape index (κ3) is 4.58. The monoisotopic (exact) mass is 396 g/mol. The summed E-state index contributed by atoms with van der Waals surface area (Å²) < 4.78 is 1.62. The van der Waals surface area contributed by atoms with Crippen LogP contribution >= 0.6 is 11.6 Å². The second kappa shape index (κ2) is 8.27. The van der Waals surface area contributed by atoms with Gasteiger partial charge in [-0.1, -0.05) is 47.5 Å². The van der Waals surface area contributed by atoms with Crippen molar-refractivity contribution in [2.24, 2.45) is 0 Å². The summed E-state index contributed by atoms with van der Waals surface area (Å²) in [6.45, 7) is 5.68. The molecular weight excluding hydrogens is 376 g/mol. The Bertz CT molecular complexity index is 1030. The number of halogens is 1. The van der Waals surface area contributed by atoms with Crippen LogP contribution in [0.1, 0.15) is 34.1 Å². The normalized spacial score (nSPS) is 10.6. The van der Waals surface area contributed by atoms with Gasteiger partial charge in [0.15, 0.2) is 0 Å². The lowest BCUT2D eigenvalue weighted by molar-refractivity contribution is -0.114. The molecule has 0 spiro atoms. The zero-order valence-corrected chi connectivity index (χ0v) is 16.7. The molecule has 1 heterocycles. The highest BCUT2D eigenvalue weighted by molar-refractivity contribution is 6.33. The van der Waals surface area contributed by atoms with E-state index in [2.05, 4.69) is 15.7 Å². The van der Waals surface area contributed by atoms with Crippen LogP contribution in [-0.4, -0.2) is 21.6 Å². The van der Waals surface area contributed by atoms with Gasteiger partial charge >= 0.3 is 0 Å². The van der Waals surface area contributed by atoms with Crippen molar-refractivity contribution in [3.05, 3.63) is 76.1 Å². The summed E-state index contributed by atoms with van der Waals surface area (Å²) in [5, 5.41) is 10.2. The first-order chi connectivity index (χ1) is 13.3. The van der Waals surface area contributed by atoms with Gasteiger partial charge in [-0.15, -0.1) is 0 Å². The summed E-state index contributed by atoms with van der Waals surface area (Å²) in [6.07, 6.45) is 0. The fourth-order valence-electron chi connectivity index (χ4n) is 2.85. The van der Waals surface area contributed by atoms with E-state index in [-0.39, 0.29) is 17.0 Å². The Labute approximate surface area is 168 Å². The Kier molecular flexibility index (Phi) is 5.80. The minimum atomic E-state index is -0.349. The first-order valence-corrected chi connectivity index (χ1v) is 9.18. The molecule has 0 fully saturated rings. The summed E-state index contributed by atoms with van der Waals surface area (Å²) in [5.41, 5.74) is 4.26. The lowest BCUT2D eigenvalue weighted by Crippen LogP contribution is -2.14. The number of hydrogen-bond donors (Lipinski definition) is 2. The van der Waals surface area contributed by atoms with Gasteiger partial charge in [-0.3, -0.25) is 9.59 Å². The van der Waals surface area contributed by atoms with Crippen LogP contribution in [0.25, 0.3) is 0 Å². The third-order valence-electron chi connectivity index (χ3n) is 4.19. The standard InChI is InChI=1S/C21H21ClN4O2/c1-13-7-9-16(10-8-13)12-26-20(22)19(14(2)25-26)21(28)24-18-6-4-5-17(11-18)23-15(3)27/h4-11H,12H2,1-3H3,(H,23,27)(H,24,28). The fraction of sp³-hybridized carbons (Fsp3) is 0.190. The maximum atomic E-state index is 12.8. The van der Waals surface area contributed by atoms with E-state index in [1.807, 2.05) is 31.2 Å². The summed E-state index contributed by atoms with van der Waals surface area (Å²) >= 11 is 6.45. The van der Waals surface area contributed by atoms with Gasteiger partial charge in [0.05, 0.1) is 17.8 Å². The average molecular weight is 397 g/mol. The molecule has 2 amide bonds. The highest BCUT2D eigenvalue weighted by Gasteiger charge is 2.20. The molecule has 0 aliphatic rings. The Morgan fingerprint density at radius 1 is 1.04 bits per heavy atom. The molecule has 0 radical (unpaired) electrons. The molecule has 0 bridgehead atoms. The first kappa shape index (κ1) is 19.6. The zero-order chi connectivity index (χ0) is 20.3. The van der Waals surface area contributed by atoms with Crippen molar-refractivity contribution in [3.8, 4) is 0 Å². The Morgan fingerprint density at radius 2 is 1.68 bits per heavy atom. The van der Waals surface area contributed by atoms with E-state index in [9.17, 15) is 9.59 Å². The Balaban J connectivity index is 1.79. The Morgan fingerprint density at radius 3 is 2.32 bits per heavy atom. The number of anilines is 2. The third-order valence-corrected chi connectivity index (χ3v) is 4.57. The predicted molar refractivity (Wildman–Crippen MR) is 111 cm³/mol. The first-order valence-electron chi connectivity index (χ1n) is 8.81. The van der Waals surface area contributed by atoms with Crippen LogP contribution < -0.4 is 10.6 Å². The van der Waals surface area contributed by atoms with E-state index in [1.54, 1.807) is 35.9 Å². The van der Waals surface area contributed by atoms with Crippen LogP contribution in [0.3, 0.4) is 0 Å². The van der Waals surface area contributed by atoms with E-state index in [1.165, 1.54) is 12.5 Å². The van der Waals surface area contributed by atoms with Crippen molar-refractivity contribution in [2.45, 2.75) is 27.3 Å². The average Bonchev–Trinajstić information content (AvgIpc) is 2.90. The van der Waals surface area contributed by atoms with Crippen molar-refractivity contribution >= 4 is 34.8 Å². The minimum Gasteiger partial charge on any atom is -0.326 e. The van der Waals surface area contributed by atoms with Crippen LogP contribution in [0.5, 0.6) is 0 Å². The van der Waals surface area contributed by atoms with Crippen LogP contribution in [0.15, 0.2) is 48.5 Å². The zero-order valence-electron chi connectivity index (χ0n) is 15.9. The maximum Gasteiger partial charge on any atom is 0.260 e. The SMILES string of the molecule is CC(=O)Nc1cccc(NC(=O)c2c(C)nn(Cc3ccc(C)cc3)c2Cl)c1. The van der Waals surface area contributed by atoms with E-state index in [0.29, 0.717) is 29.2 Å². The van der Waals surface area contributed by atoms with Crippen molar-refractivity contribution in [1.82, 2.24) is 9.78 Å². The van der Waals surface area contributed by atoms with Crippen molar-refractivity contribution in [1.29, 1.82) is 0 Å².